The van der Waals surface area contributed by atoms with Crippen LogP contribution in [-0.2, 0) is 14.3 Å². The summed E-state index contributed by atoms with van der Waals surface area (Å²) in [5.74, 6) is -0.0938. The van der Waals surface area contributed by atoms with Crippen molar-refractivity contribution in [2.75, 3.05) is 49.2 Å². The molecule has 164 valence electrons. The molecule has 3 aliphatic heterocycles. The molecular formula is C21H26N6O3S. The highest BCUT2D eigenvalue weighted by atomic mass is 32.1. The number of carbonyl (C=O) groups is 1. The fraction of sp³-hybridized carbons (Fsp3) is 0.571. The van der Waals surface area contributed by atoms with Gasteiger partial charge in [0.2, 0.25) is 6.35 Å². The van der Waals surface area contributed by atoms with E-state index in [0.29, 0.717) is 11.6 Å². The lowest BCUT2D eigenvalue weighted by molar-refractivity contribution is -0.114. The van der Waals surface area contributed by atoms with Gasteiger partial charge in [0.1, 0.15) is 12.0 Å². The molecular weight excluding hydrogens is 416 g/mol. The third kappa shape index (κ3) is 3.42. The Bertz CT molecular complexity index is 1040. The van der Waals surface area contributed by atoms with E-state index in [2.05, 4.69) is 15.9 Å². The Balaban J connectivity index is 1.44. The van der Waals surface area contributed by atoms with Crippen LogP contribution in [0.2, 0.25) is 0 Å². The molecule has 6 rings (SSSR count). The summed E-state index contributed by atoms with van der Waals surface area (Å²) in [6.07, 6.45) is 5.62. The summed E-state index contributed by atoms with van der Waals surface area (Å²) in [5.41, 5.74) is 8.83. The number of rotatable bonds is 5. The number of nitrogens with zero attached hydrogens (tertiary/aromatic N) is 5. The molecule has 0 spiro atoms. The average Bonchev–Trinajstić information content (AvgIpc) is 3.19. The van der Waals surface area contributed by atoms with Gasteiger partial charge in [-0.1, -0.05) is 11.3 Å². The van der Waals surface area contributed by atoms with Gasteiger partial charge in [-0.3, -0.25) is 14.6 Å². The maximum absolute atomic E-state index is 12.3. The number of nitrogens with two attached hydrogens (primary N) is 1. The number of pyridine rings is 1. The summed E-state index contributed by atoms with van der Waals surface area (Å²) in [5, 5.41) is 0.976. The van der Waals surface area contributed by atoms with Gasteiger partial charge in [0, 0.05) is 32.1 Å². The first-order valence-corrected chi connectivity index (χ1v) is 11.8. The van der Waals surface area contributed by atoms with Crippen LogP contribution >= 0.6 is 11.3 Å². The Kier molecular flexibility index (Phi) is 4.73. The minimum Gasteiger partial charge on any atom is -0.462 e. The van der Waals surface area contributed by atoms with Crippen molar-refractivity contribution < 1.29 is 14.3 Å². The molecule has 2 N–H and O–H groups in total. The number of thiazole rings is 1. The number of ether oxygens (including phenoxy) is 2. The number of morpholine rings is 1. The quantitative estimate of drug-likeness (QED) is 0.751. The molecule has 1 amide bonds. The van der Waals surface area contributed by atoms with Gasteiger partial charge < -0.3 is 20.1 Å². The zero-order chi connectivity index (χ0) is 20.9. The Morgan fingerprint density at radius 2 is 1.90 bits per heavy atom. The molecule has 0 unspecified atom stereocenters. The van der Waals surface area contributed by atoms with E-state index in [0.717, 1.165) is 91.9 Å². The molecule has 2 saturated heterocycles. The van der Waals surface area contributed by atoms with Crippen LogP contribution in [0.15, 0.2) is 18.0 Å². The molecule has 9 nitrogen and oxygen atoms in total. The molecule has 1 atom stereocenters. The van der Waals surface area contributed by atoms with Crippen LogP contribution in [0.3, 0.4) is 0 Å². The summed E-state index contributed by atoms with van der Waals surface area (Å²) in [6, 6.07) is 2.13. The maximum Gasteiger partial charge on any atom is 0.268 e. The third-order valence-corrected chi connectivity index (χ3v) is 7.42. The van der Waals surface area contributed by atoms with Crippen LogP contribution in [-0.4, -0.2) is 66.5 Å². The number of likely N-dealkylation sites (tertiary alicyclic amines) is 1. The van der Waals surface area contributed by atoms with Gasteiger partial charge in [0.05, 0.1) is 29.3 Å². The van der Waals surface area contributed by atoms with Crippen molar-refractivity contribution in [3.8, 4) is 0 Å². The molecule has 4 aliphatic rings. The second-order valence-electron chi connectivity index (χ2n) is 8.53. The van der Waals surface area contributed by atoms with Crippen LogP contribution in [0, 0.1) is 0 Å². The molecule has 3 fully saturated rings. The summed E-state index contributed by atoms with van der Waals surface area (Å²) in [7, 11) is 0. The number of anilines is 2. The first-order valence-electron chi connectivity index (χ1n) is 11.0. The summed E-state index contributed by atoms with van der Waals surface area (Å²) >= 11 is 1.64. The van der Waals surface area contributed by atoms with Crippen LogP contribution in [0.5, 0.6) is 0 Å². The summed E-state index contributed by atoms with van der Waals surface area (Å²) in [4.78, 5) is 28.6. The zero-order valence-corrected chi connectivity index (χ0v) is 18.1. The second-order valence-corrected chi connectivity index (χ2v) is 9.54. The van der Waals surface area contributed by atoms with Gasteiger partial charge in [0.25, 0.3) is 5.91 Å². The van der Waals surface area contributed by atoms with Crippen molar-refractivity contribution in [3.63, 3.8) is 0 Å². The van der Waals surface area contributed by atoms with E-state index in [1.165, 1.54) is 6.26 Å². The molecule has 2 aromatic heterocycles. The Morgan fingerprint density at radius 3 is 2.61 bits per heavy atom. The zero-order valence-electron chi connectivity index (χ0n) is 17.3. The molecule has 2 aromatic rings. The van der Waals surface area contributed by atoms with Gasteiger partial charge in [0.15, 0.2) is 10.8 Å². The van der Waals surface area contributed by atoms with E-state index in [9.17, 15) is 4.79 Å². The Morgan fingerprint density at radius 1 is 1.13 bits per heavy atom. The molecule has 0 bridgehead atoms. The summed E-state index contributed by atoms with van der Waals surface area (Å²) in [6.45, 7) is 5.00. The normalized spacial score (nSPS) is 24.6. The van der Waals surface area contributed by atoms with Crippen molar-refractivity contribution in [3.05, 3.63) is 23.7 Å². The lowest BCUT2D eigenvalue weighted by Gasteiger charge is -2.33. The highest BCUT2D eigenvalue weighted by Crippen LogP contribution is 2.47. The van der Waals surface area contributed by atoms with E-state index >= 15 is 0 Å². The monoisotopic (exact) mass is 442 g/mol. The topological polar surface area (TPSA) is 97.1 Å². The molecule has 31 heavy (non-hydrogen) atoms. The largest absolute Gasteiger partial charge is 0.462 e. The maximum atomic E-state index is 12.3. The standard InChI is InChI=1S/C21H26N6O3S/c22-18(28)15-12-30-21(26-5-1-2-6-26)27(15)14-11-16-19(23-17(14)13-3-4-13)24-20(31-16)25-7-9-29-10-8-25/h11-13,21H,1-10H2,(H2,22,28)/t21-/m0/s1. The fourth-order valence-corrected chi connectivity index (χ4v) is 5.59. The second kappa shape index (κ2) is 7.61. The minimum atomic E-state index is -0.484. The van der Waals surface area contributed by atoms with E-state index in [1.54, 1.807) is 11.3 Å². The van der Waals surface area contributed by atoms with Gasteiger partial charge in [-0.25, -0.2) is 4.98 Å². The number of amides is 1. The first kappa shape index (κ1) is 19.3. The average molecular weight is 443 g/mol. The van der Waals surface area contributed by atoms with Gasteiger partial charge in [-0.05, 0) is 31.7 Å². The van der Waals surface area contributed by atoms with Gasteiger partial charge >= 0.3 is 0 Å². The number of hydrogen-bond donors (Lipinski definition) is 1. The van der Waals surface area contributed by atoms with Crippen LogP contribution in [0.25, 0.3) is 10.3 Å². The summed E-state index contributed by atoms with van der Waals surface area (Å²) < 4.78 is 12.5. The van der Waals surface area contributed by atoms with Gasteiger partial charge in [-0.2, -0.15) is 4.98 Å². The van der Waals surface area contributed by atoms with Crippen molar-refractivity contribution in [1.82, 2.24) is 14.9 Å². The lowest BCUT2D eigenvalue weighted by atomic mass is 10.2. The van der Waals surface area contributed by atoms with Crippen molar-refractivity contribution in [2.45, 2.75) is 38.0 Å². The predicted octanol–water partition coefficient (Wildman–Crippen LogP) is 1.95. The van der Waals surface area contributed by atoms with Crippen LogP contribution < -0.4 is 15.5 Å². The van der Waals surface area contributed by atoms with Crippen molar-refractivity contribution in [1.29, 1.82) is 0 Å². The van der Waals surface area contributed by atoms with Crippen LogP contribution in [0.1, 0.15) is 37.3 Å². The first-order chi connectivity index (χ1) is 15.2. The smallest absolute Gasteiger partial charge is 0.268 e. The third-order valence-electron chi connectivity index (χ3n) is 6.37. The van der Waals surface area contributed by atoms with E-state index in [4.69, 9.17) is 25.2 Å². The van der Waals surface area contributed by atoms with E-state index < -0.39 is 5.91 Å². The molecule has 1 saturated carbocycles. The molecule has 0 aromatic carbocycles. The van der Waals surface area contributed by atoms with Gasteiger partial charge in [-0.15, -0.1) is 0 Å². The molecule has 0 radical (unpaired) electrons. The van der Waals surface area contributed by atoms with Crippen LogP contribution in [0.4, 0.5) is 10.8 Å². The lowest BCUT2D eigenvalue weighted by Crippen LogP contribution is -2.47. The molecule has 10 heteroatoms. The SMILES string of the molecule is NC(=O)C1=CO[C@@H](N2CCCC2)N1c1cc2sc(N3CCOCC3)nc2nc1C1CC1. The number of carbonyl (C=O) groups excluding carboxylic acids is 1. The number of hydrogen-bond acceptors (Lipinski definition) is 9. The number of fused-ring (bicyclic) bond motifs is 1. The van der Waals surface area contributed by atoms with E-state index in [1.807, 2.05) is 4.90 Å². The van der Waals surface area contributed by atoms with E-state index in [-0.39, 0.29) is 6.35 Å². The minimum absolute atomic E-state index is 0.353. The Hall–Kier alpha value is -2.43. The highest BCUT2D eigenvalue weighted by Gasteiger charge is 2.41. The predicted molar refractivity (Wildman–Crippen MR) is 118 cm³/mol. The highest BCUT2D eigenvalue weighted by molar-refractivity contribution is 7.22. The Labute approximate surface area is 184 Å². The number of primary amides is 1. The fourth-order valence-electron chi connectivity index (χ4n) is 4.60. The molecule has 1 aliphatic carbocycles. The van der Waals surface area contributed by atoms with Crippen molar-refractivity contribution in [2.24, 2.45) is 5.73 Å². The number of aromatic nitrogens is 2. The van der Waals surface area contributed by atoms with Crippen molar-refractivity contribution >= 4 is 38.4 Å². The molecule has 5 heterocycles.